The van der Waals surface area contributed by atoms with Crippen LogP contribution in [0.4, 0.5) is 5.69 Å². The fourth-order valence-electron chi connectivity index (χ4n) is 1.50. The highest BCUT2D eigenvalue weighted by Crippen LogP contribution is 2.12. The number of rotatable bonds is 5. The molecule has 0 fully saturated rings. The van der Waals surface area contributed by atoms with E-state index in [-0.39, 0.29) is 18.3 Å². The van der Waals surface area contributed by atoms with Gasteiger partial charge in [-0.25, -0.2) is 8.42 Å². The van der Waals surface area contributed by atoms with Gasteiger partial charge in [-0.15, -0.1) is 0 Å². The topological polar surface area (TPSA) is 66.4 Å². The Balaban J connectivity index is 2.70. The van der Waals surface area contributed by atoms with Gasteiger partial charge in [-0.3, -0.25) is 4.72 Å². The van der Waals surface area contributed by atoms with Crippen molar-refractivity contribution in [3.63, 3.8) is 0 Å². The van der Waals surface area contributed by atoms with E-state index in [0.717, 1.165) is 5.56 Å². The first kappa shape index (κ1) is 15.5. The average Bonchev–Trinajstić information content (AvgIpc) is 2.29. The second kappa shape index (κ2) is 7.17. The van der Waals surface area contributed by atoms with Crippen molar-refractivity contribution in [2.75, 3.05) is 17.1 Å². The summed E-state index contributed by atoms with van der Waals surface area (Å²) in [6.07, 6.45) is 0.433. The molecule has 0 atom stereocenters. The molecule has 0 heterocycles. The van der Waals surface area contributed by atoms with Crippen molar-refractivity contribution in [2.45, 2.75) is 20.3 Å². The van der Waals surface area contributed by atoms with Gasteiger partial charge in [-0.05, 0) is 30.2 Å². The molecular weight excluding hydrogens is 262 g/mol. The number of benzene rings is 1. The highest BCUT2D eigenvalue weighted by Gasteiger charge is 2.12. The summed E-state index contributed by atoms with van der Waals surface area (Å²) in [5, 5.41) is 8.61. The zero-order valence-corrected chi connectivity index (χ0v) is 12.0. The molecule has 0 radical (unpaired) electrons. The summed E-state index contributed by atoms with van der Waals surface area (Å²) >= 11 is 0. The van der Waals surface area contributed by atoms with E-state index in [0.29, 0.717) is 12.1 Å². The van der Waals surface area contributed by atoms with E-state index in [4.69, 9.17) is 5.11 Å². The third kappa shape index (κ3) is 6.27. The maximum absolute atomic E-state index is 11.7. The molecule has 0 saturated carbocycles. The largest absolute Gasteiger partial charge is 0.395 e. The molecule has 5 heteroatoms. The smallest absolute Gasteiger partial charge is 0.232 e. The number of hydrogen-bond acceptors (Lipinski definition) is 3. The maximum Gasteiger partial charge on any atom is 0.232 e. The highest BCUT2D eigenvalue weighted by atomic mass is 32.2. The molecule has 0 aliphatic rings. The number of hydrogen-bond donors (Lipinski definition) is 2. The predicted molar refractivity (Wildman–Crippen MR) is 77.3 cm³/mol. The molecule has 4 nitrogen and oxygen atoms in total. The normalized spacial score (nSPS) is 10.9. The molecule has 0 saturated heterocycles. The Morgan fingerprint density at radius 2 is 1.89 bits per heavy atom. The third-order valence-electron chi connectivity index (χ3n) is 2.18. The van der Waals surface area contributed by atoms with Crippen LogP contribution in [0.1, 0.15) is 25.8 Å². The minimum absolute atomic E-state index is 0.0418. The quantitative estimate of drug-likeness (QED) is 0.809. The third-order valence-corrected chi connectivity index (χ3v) is 3.83. The summed E-state index contributed by atoms with van der Waals surface area (Å²) in [4.78, 5) is 0. The fraction of sp³-hybridized carbons (Fsp3) is 0.429. The van der Waals surface area contributed by atoms with E-state index < -0.39 is 10.0 Å². The van der Waals surface area contributed by atoms with E-state index in [1.165, 1.54) is 0 Å². The molecule has 2 N–H and O–H groups in total. The lowest BCUT2D eigenvalue weighted by molar-refractivity contribution is 0.305. The van der Waals surface area contributed by atoms with Crippen molar-refractivity contribution in [3.8, 4) is 11.8 Å². The molecule has 1 aromatic carbocycles. The van der Waals surface area contributed by atoms with Crippen LogP contribution < -0.4 is 4.72 Å². The predicted octanol–water partition coefficient (Wildman–Crippen LogP) is 1.82. The highest BCUT2D eigenvalue weighted by molar-refractivity contribution is 7.92. The van der Waals surface area contributed by atoms with Crippen molar-refractivity contribution in [1.29, 1.82) is 0 Å². The fourth-order valence-corrected chi connectivity index (χ4v) is 2.96. The molecule has 19 heavy (non-hydrogen) atoms. The summed E-state index contributed by atoms with van der Waals surface area (Å²) in [6.45, 7) is 3.76. The number of aliphatic hydroxyl groups is 1. The zero-order chi connectivity index (χ0) is 14.3. The second-order valence-corrected chi connectivity index (χ2v) is 6.40. The van der Waals surface area contributed by atoms with Gasteiger partial charge in [-0.1, -0.05) is 25.7 Å². The lowest BCUT2D eigenvalue weighted by atomic mass is 10.2. The summed E-state index contributed by atoms with van der Waals surface area (Å²) in [7, 11) is -3.29. The molecule has 0 bridgehead atoms. The van der Waals surface area contributed by atoms with Gasteiger partial charge in [0.25, 0.3) is 0 Å². The first-order valence-corrected chi connectivity index (χ1v) is 7.78. The molecule has 1 aromatic rings. The molecule has 0 aliphatic heterocycles. The van der Waals surface area contributed by atoms with Crippen LogP contribution in [0, 0.1) is 17.8 Å². The minimum Gasteiger partial charge on any atom is -0.395 e. The van der Waals surface area contributed by atoms with Gasteiger partial charge in [0.05, 0.1) is 12.4 Å². The van der Waals surface area contributed by atoms with Crippen molar-refractivity contribution in [3.05, 3.63) is 29.8 Å². The van der Waals surface area contributed by atoms with Crippen molar-refractivity contribution >= 4 is 15.7 Å². The van der Waals surface area contributed by atoms with Crippen molar-refractivity contribution in [1.82, 2.24) is 0 Å². The Morgan fingerprint density at radius 3 is 2.42 bits per heavy atom. The Labute approximate surface area is 114 Å². The Morgan fingerprint density at radius 1 is 1.26 bits per heavy atom. The van der Waals surface area contributed by atoms with Gasteiger partial charge >= 0.3 is 0 Å². The lowest BCUT2D eigenvalue weighted by Gasteiger charge is -2.09. The standard InChI is InChI=1S/C14H19NO3S/c1-12(2)11-19(17,18)15-14-8-6-13(7-9-14)5-3-4-10-16/h6-9,12,15-16H,4,10-11H2,1-2H3. The second-order valence-electron chi connectivity index (χ2n) is 4.63. The molecule has 0 spiro atoms. The molecule has 0 amide bonds. The zero-order valence-electron chi connectivity index (χ0n) is 11.2. The van der Waals surface area contributed by atoms with Gasteiger partial charge in [-0.2, -0.15) is 0 Å². The van der Waals surface area contributed by atoms with Crippen LogP contribution in [-0.4, -0.2) is 25.9 Å². The number of anilines is 1. The molecular formula is C14H19NO3S. The Hall–Kier alpha value is -1.51. The molecule has 0 aliphatic carbocycles. The van der Waals surface area contributed by atoms with Crippen LogP contribution in [0.2, 0.25) is 0 Å². The number of aliphatic hydroxyl groups excluding tert-OH is 1. The Kier molecular flexibility index (Phi) is 5.87. The van der Waals surface area contributed by atoms with Crippen LogP contribution in [0.5, 0.6) is 0 Å². The van der Waals surface area contributed by atoms with E-state index in [2.05, 4.69) is 16.6 Å². The Bertz CT molecular complexity index is 551. The summed E-state index contributed by atoms with van der Waals surface area (Å²) in [5.41, 5.74) is 1.33. The molecule has 1 rings (SSSR count). The van der Waals surface area contributed by atoms with E-state index >= 15 is 0 Å². The summed E-state index contributed by atoms with van der Waals surface area (Å²) in [6, 6.07) is 6.86. The van der Waals surface area contributed by atoms with E-state index in [1.807, 2.05) is 13.8 Å². The van der Waals surface area contributed by atoms with Crippen LogP contribution in [0.3, 0.4) is 0 Å². The summed E-state index contributed by atoms with van der Waals surface area (Å²) in [5.74, 6) is 5.87. The van der Waals surface area contributed by atoms with Gasteiger partial charge in [0.1, 0.15) is 0 Å². The van der Waals surface area contributed by atoms with Crippen molar-refractivity contribution in [2.24, 2.45) is 5.92 Å². The first-order chi connectivity index (χ1) is 8.93. The van der Waals surface area contributed by atoms with Crippen LogP contribution in [-0.2, 0) is 10.0 Å². The van der Waals surface area contributed by atoms with Crippen molar-refractivity contribution < 1.29 is 13.5 Å². The minimum atomic E-state index is -3.29. The lowest BCUT2D eigenvalue weighted by Crippen LogP contribution is -2.19. The van der Waals surface area contributed by atoms with Crippen LogP contribution in [0.15, 0.2) is 24.3 Å². The van der Waals surface area contributed by atoms with Crippen LogP contribution >= 0.6 is 0 Å². The van der Waals surface area contributed by atoms with Crippen LogP contribution in [0.25, 0.3) is 0 Å². The first-order valence-electron chi connectivity index (χ1n) is 6.13. The number of sulfonamides is 1. The monoisotopic (exact) mass is 281 g/mol. The van der Waals surface area contributed by atoms with Gasteiger partial charge < -0.3 is 5.11 Å². The van der Waals surface area contributed by atoms with E-state index in [9.17, 15) is 8.42 Å². The molecule has 0 unspecified atom stereocenters. The van der Waals surface area contributed by atoms with Gasteiger partial charge in [0, 0.05) is 17.7 Å². The SMILES string of the molecule is CC(C)CS(=O)(=O)Nc1ccc(C#CCCO)cc1. The number of nitrogens with one attached hydrogen (secondary N) is 1. The van der Waals surface area contributed by atoms with E-state index in [1.54, 1.807) is 24.3 Å². The molecule has 104 valence electrons. The summed E-state index contributed by atoms with van der Waals surface area (Å²) < 4.78 is 26.0. The van der Waals surface area contributed by atoms with Gasteiger partial charge in [0.15, 0.2) is 0 Å². The maximum atomic E-state index is 11.7. The van der Waals surface area contributed by atoms with Gasteiger partial charge in [0.2, 0.25) is 10.0 Å². The molecule has 0 aromatic heterocycles. The average molecular weight is 281 g/mol.